The second kappa shape index (κ2) is 14.2. The molecule has 0 saturated heterocycles. The molecule has 3 aromatic carbocycles. The summed E-state index contributed by atoms with van der Waals surface area (Å²) in [6, 6.07) is 24.6. The van der Waals surface area contributed by atoms with Gasteiger partial charge in [-0.2, -0.15) is 13.5 Å². The fourth-order valence-corrected chi connectivity index (χ4v) is 8.10. The minimum absolute atomic E-state index is 0.0860. The molecule has 1 aromatic heterocycles. The quantitative estimate of drug-likeness (QED) is 0.0926. The molecule has 0 unspecified atom stereocenters. The molecule has 0 spiro atoms. The molecule has 2 aliphatic rings. The van der Waals surface area contributed by atoms with Crippen LogP contribution in [0.3, 0.4) is 0 Å². The van der Waals surface area contributed by atoms with Gasteiger partial charge < -0.3 is 9.32 Å². The summed E-state index contributed by atoms with van der Waals surface area (Å²) < 4.78 is 76.5. The van der Waals surface area contributed by atoms with Crippen LogP contribution in [0.15, 0.2) is 112 Å². The maximum Gasteiger partial charge on any atom is 0.295 e. The fourth-order valence-electron chi connectivity index (χ4n) is 6.25. The minimum Gasteiger partial charge on any atom is -0.456 e. The van der Waals surface area contributed by atoms with E-state index in [4.69, 9.17) is 4.42 Å². The monoisotopic (exact) mass is 714 g/mol. The Balaban J connectivity index is 1.48. The molecule has 11 nitrogen and oxygen atoms in total. The van der Waals surface area contributed by atoms with Gasteiger partial charge in [-0.3, -0.25) is 4.55 Å². The Morgan fingerprint density at radius 2 is 1.58 bits per heavy atom. The molecule has 0 saturated carbocycles. The van der Waals surface area contributed by atoms with Crippen LogP contribution in [0.5, 0.6) is 0 Å². The zero-order chi connectivity index (χ0) is 35.6. The number of sulfonamides is 1. The van der Waals surface area contributed by atoms with Crippen LogP contribution in [-0.4, -0.2) is 57.3 Å². The summed E-state index contributed by atoms with van der Waals surface area (Å²) >= 11 is 0. The smallest absolute Gasteiger partial charge is 0.295 e. The van der Waals surface area contributed by atoms with E-state index in [1.807, 2.05) is 66.7 Å². The van der Waals surface area contributed by atoms with E-state index in [2.05, 4.69) is 47.0 Å². The maximum absolute atomic E-state index is 13.5. The minimum atomic E-state index is -4.91. The molecule has 0 atom stereocenters. The van der Waals surface area contributed by atoms with Crippen molar-refractivity contribution in [2.24, 2.45) is 0 Å². The number of aromatic nitrogens is 2. The molecule has 2 N–H and O–H groups in total. The third kappa shape index (κ3) is 6.94. The highest BCUT2D eigenvalue weighted by Crippen LogP contribution is 2.43. The number of hydrogen-bond donors (Lipinski definition) is 2. The van der Waals surface area contributed by atoms with Gasteiger partial charge in [-0.25, -0.2) is 22.4 Å². The number of benzene rings is 4. The molecular formula is C37H40N5O6S2+. The van der Waals surface area contributed by atoms with Crippen molar-refractivity contribution in [2.45, 2.75) is 44.0 Å². The highest BCUT2D eigenvalue weighted by Gasteiger charge is 2.27. The molecule has 1 aliphatic carbocycles. The molecule has 4 aromatic rings. The first-order chi connectivity index (χ1) is 24.0. The molecule has 0 bridgehead atoms. The summed E-state index contributed by atoms with van der Waals surface area (Å²) in [5, 5.41) is 5.85. The van der Waals surface area contributed by atoms with E-state index in [1.54, 1.807) is 17.1 Å². The molecule has 50 heavy (non-hydrogen) atoms. The van der Waals surface area contributed by atoms with Crippen molar-refractivity contribution in [3.63, 3.8) is 0 Å². The summed E-state index contributed by atoms with van der Waals surface area (Å²) in [4.78, 5) is 1.33. The summed E-state index contributed by atoms with van der Waals surface area (Å²) in [6.45, 7) is 11.3. The molecule has 0 radical (unpaired) electrons. The number of fused-ring (bicyclic) bond motifs is 2. The van der Waals surface area contributed by atoms with E-state index >= 15 is 0 Å². The lowest BCUT2D eigenvalue weighted by Gasteiger charge is -2.22. The van der Waals surface area contributed by atoms with Gasteiger partial charge in [0, 0.05) is 71.3 Å². The zero-order valence-electron chi connectivity index (χ0n) is 28.4. The van der Waals surface area contributed by atoms with Crippen LogP contribution < -0.4 is 19.6 Å². The fraction of sp³-hybridized carbons (Fsp3) is 0.243. The Bertz CT molecular complexity index is 2430. The van der Waals surface area contributed by atoms with Crippen molar-refractivity contribution < 1.29 is 25.8 Å². The number of nitrogens with one attached hydrogen (secondary N) is 1. The summed E-state index contributed by atoms with van der Waals surface area (Å²) in [5.74, 6) is 0.518. The van der Waals surface area contributed by atoms with Gasteiger partial charge in [0.05, 0.1) is 22.8 Å². The van der Waals surface area contributed by atoms with E-state index in [0.717, 1.165) is 49.0 Å². The lowest BCUT2D eigenvalue weighted by atomic mass is 9.93. The van der Waals surface area contributed by atoms with E-state index in [9.17, 15) is 21.4 Å². The van der Waals surface area contributed by atoms with Crippen molar-refractivity contribution in [2.75, 3.05) is 31.1 Å². The van der Waals surface area contributed by atoms with E-state index in [-0.39, 0.29) is 17.0 Å². The van der Waals surface area contributed by atoms with Crippen LogP contribution in [0.4, 0.5) is 5.69 Å². The number of nitrogens with zero attached hydrogens (tertiary/aromatic N) is 4. The topological polar surface area (TPSA) is 138 Å². The van der Waals surface area contributed by atoms with Crippen molar-refractivity contribution in [3.8, 4) is 28.1 Å². The average molecular weight is 715 g/mol. The number of para-hydroxylation sites is 1. The molecule has 0 fully saturated rings. The van der Waals surface area contributed by atoms with E-state index in [0.29, 0.717) is 33.4 Å². The predicted molar refractivity (Wildman–Crippen MR) is 196 cm³/mol. The number of hydrogen-bond acceptors (Lipinski definition) is 7. The van der Waals surface area contributed by atoms with Crippen LogP contribution in [0.2, 0.25) is 0 Å². The van der Waals surface area contributed by atoms with Crippen LogP contribution >= 0.6 is 0 Å². The first kappa shape index (κ1) is 35.0. The third-order valence-corrected chi connectivity index (χ3v) is 11.2. The Morgan fingerprint density at radius 3 is 2.26 bits per heavy atom. The molecule has 0 amide bonds. The van der Waals surface area contributed by atoms with Crippen LogP contribution in [0.25, 0.3) is 39.1 Å². The first-order valence-corrected chi connectivity index (χ1v) is 19.4. The number of rotatable bonds is 12. The predicted octanol–water partition coefficient (Wildman–Crippen LogP) is 5.77. The van der Waals surface area contributed by atoms with Crippen molar-refractivity contribution in [1.82, 2.24) is 19.1 Å². The zero-order valence-corrected chi connectivity index (χ0v) is 30.0. The van der Waals surface area contributed by atoms with Gasteiger partial charge in [0.15, 0.2) is 0 Å². The van der Waals surface area contributed by atoms with Gasteiger partial charge in [-0.05, 0) is 70.2 Å². The van der Waals surface area contributed by atoms with E-state index < -0.39 is 25.0 Å². The van der Waals surface area contributed by atoms with Gasteiger partial charge in [0.25, 0.3) is 10.1 Å². The Morgan fingerprint density at radius 1 is 0.860 bits per heavy atom. The molecule has 6 rings (SSSR count). The summed E-state index contributed by atoms with van der Waals surface area (Å²) in [6.07, 6.45) is 3.26. The summed E-state index contributed by atoms with van der Waals surface area (Å²) in [7, 11) is -9.12. The standard InChI is InChI=1S/C37H39N5O6S2/c1-5-40(6-2)28-14-17-31-34(20-28)48-35-21-29(41(7-3)8-4)15-18-32(35)37(31)33-19-16-30(22-36(33)50(45,46)47)49(43,44)39-24-26-23-38-42(25-26)27-12-10-9-11-13-27/h9-23,25,39H,5-8,24H2,1-4H3/p+1. The average Bonchev–Trinajstić information content (AvgIpc) is 3.60. The first-order valence-electron chi connectivity index (χ1n) is 16.5. The Labute approximate surface area is 292 Å². The Kier molecular flexibility index (Phi) is 9.94. The van der Waals surface area contributed by atoms with Crippen LogP contribution in [0.1, 0.15) is 33.3 Å². The second-order valence-corrected chi connectivity index (χ2v) is 14.9. The van der Waals surface area contributed by atoms with Gasteiger partial charge in [0.2, 0.25) is 15.4 Å². The Hall–Kier alpha value is -4.82. The lowest BCUT2D eigenvalue weighted by Crippen LogP contribution is -2.29. The van der Waals surface area contributed by atoms with Gasteiger partial charge in [-0.1, -0.05) is 24.3 Å². The largest absolute Gasteiger partial charge is 0.456 e. The van der Waals surface area contributed by atoms with Gasteiger partial charge in [0.1, 0.15) is 29.3 Å². The van der Waals surface area contributed by atoms with Crippen LogP contribution in [-0.2, 0) is 26.7 Å². The maximum atomic E-state index is 13.5. The van der Waals surface area contributed by atoms with Crippen LogP contribution in [0, 0.1) is 0 Å². The van der Waals surface area contributed by atoms with Crippen molar-refractivity contribution in [1.29, 1.82) is 0 Å². The molecule has 260 valence electrons. The SMILES string of the molecule is CCN(CC)c1ccc2c(-c3ccc(S(=O)(=O)NCc4cnn(-c5ccccc5)c4)cc3S(=O)(=O)O)c3ccc(=[N+](CC)CC)cc-3oc2c1. The molecule has 13 heteroatoms. The third-order valence-electron chi connectivity index (χ3n) is 8.88. The lowest BCUT2D eigenvalue weighted by molar-refractivity contribution is 0.483. The second-order valence-electron chi connectivity index (χ2n) is 11.8. The van der Waals surface area contributed by atoms with Gasteiger partial charge >= 0.3 is 0 Å². The van der Waals surface area contributed by atoms with Crippen molar-refractivity contribution >= 4 is 36.8 Å². The van der Waals surface area contributed by atoms with Gasteiger partial charge in [-0.15, -0.1) is 0 Å². The van der Waals surface area contributed by atoms with E-state index in [1.165, 1.54) is 12.1 Å². The molecular weight excluding hydrogens is 675 g/mol. The van der Waals surface area contributed by atoms with Crippen molar-refractivity contribution in [3.05, 3.63) is 108 Å². The highest BCUT2D eigenvalue weighted by molar-refractivity contribution is 7.89. The molecule has 2 heterocycles. The molecule has 1 aliphatic heterocycles. The normalized spacial score (nSPS) is 12.1. The highest BCUT2D eigenvalue weighted by atomic mass is 32.2. The number of anilines is 1. The summed E-state index contributed by atoms with van der Waals surface area (Å²) in [5.41, 5.74) is 4.12.